The van der Waals surface area contributed by atoms with Crippen molar-refractivity contribution in [2.24, 2.45) is 5.73 Å². The van der Waals surface area contributed by atoms with Crippen LogP contribution in [0.1, 0.15) is 42.6 Å². The fraction of sp³-hybridized carbons (Fsp3) is 0.350. The van der Waals surface area contributed by atoms with E-state index < -0.39 is 15.4 Å². The van der Waals surface area contributed by atoms with Crippen LogP contribution in [-0.4, -0.2) is 26.4 Å². The van der Waals surface area contributed by atoms with Crippen LogP contribution in [-0.2, 0) is 15.6 Å². The largest absolute Gasteiger partial charge is 0.345 e. The highest BCUT2D eigenvalue weighted by Crippen LogP contribution is 2.18. The fourth-order valence-electron chi connectivity index (χ4n) is 2.81. The number of halogens is 1. The normalized spacial score (nSPS) is 11.5. The second-order valence-corrected chi connectivity index (χ2v) is 8.41. The first-order valence-corrected chi connectivity index (χ1v) is 10.4. The van der Waals surface area contributed by atoms with Gasteiger partial charge in [-0.05, 0) is 42.7 Å². The number of hydrogen-bond donors (Lipinski definition) is 2. The molecule has 0 fully saturated rings. The first kappa shape index (κ1) is 23.1. The second-order valence-electron chi connectivity index (χ2n) is 6.42. The van der Waals surface area contributed by atoms with E-state index in [1.807, 2.05) is 13.8 Å². The van der Waals surface area contributed by atoms with E-state index in [2.05, 4.69) is 5.32 Å². The van der Waals surface area contributed by atoms with E-state index in [1.165, 1.54) is 0 Å². The third kappa shape index (κ3) is 5.79. The van der Waals surface area contributed by atoms with Crippen LogP contribution in [0.3, 0.4) is 0 Å². The molecule has 1 amide bonds. The van der Waals surface area contributed by atoms with Gasteiger partial charge in [-0.3, -0.25) is 4.79 Å². The highest BCUT2D eigenvalue weighted by molar-refractivity contribution is 7.90. The van der Waals surface area contributed by atoms with E-state index in [0.29, 0.717) is 17.7 Å². The van der Waals surface area contributed by atoms with Gasteiger partial charge in [0.25, 0.3) is 5.91 Å². The summed E-state index contributed by atoms with van der Waals surface area (Å²) in [5.74, 6) is -0.389. The van der Waals surface area contributed by atoms with Gasteiger partial charge in [0.1, 0.15) is 0 Å². The van der Waals surface area contributed by atoms with Gasteiger partial charge >= 0.3 is 0 Å². The summed E-state index contributed by atoms with van der Waals surface area (Å²) in [7, 11) is -3.46. The van der Waals surface area contributed by atoms with Crippen LogP contribution in [0.2, 0.25) is 0 Å². The molecule has 3 N–H and O–H groups in total. The predicted octanol–water partition coefficient (Wildman–Crippen LogP) is 3.33. The average molecular weight is 411 g/mol. The van der Waals surface area contributed by atoms with Gasteiger partial charge in [0.05, 0.1) is 16.2 Å². The number of carbonyl (C=O) groups excluding carboxylic acids is 1. The lowest BCUT2D eigenvalue weighted by Crippen LogP contribution is -2.52. The SMILES string of the molecule is CCC(CC)(CN)NC(=O)c1cccc(CS(=O)(=O)c2ccccc2)c1.Cl. The summed E-state index contributed by atoms with van der Waals surface area (Å²) in [6.45, 7) is 4.33. The number of hydrogen-bond acceptors (Lipinski definition) is 4. The third-order valence-electron chi connectivity index (χ3n) is 4.77. The molecule has 5 nitrogen and oxygen atoms in total. The van der Waals surface area contributed by atoms with E-state index in [-0.39, 0.29) is 29.0 Å². The molecule has 7 heteroatoms. The average Bonchev–Trinajstić information content (AvgIpc) is 2.66. The Labute approximate surface area is 167 Å². The van der Waals surface area contributed by atoms with E-state index in [1.54, 1.807) is 54.6 Å². The Hall–Kier alpha value is -1.89. The van der Waals surface area contributed by atoms with Crippen LogP contribution < -0.4 is 11.1 Å². The molecular weight excluding hydrogens is 384 g/mol. The molecule has 2 rings (SSSR count). The lowest BCUT2D eigenvalue weighted by molar-refractivity contribution is 0.0895. The molecule has 0 unspecified atom stereocenters. The van der Waals surface area contributed by atoms with Crippen molar-refractivity contribution >= 4 is 28.2 Å². The van der Waals surface area contributed by atoms with E-state index in [0.717, 1.165) is 12.8 Å². The van der Waals surface area contributed by atoms with Crippen molar-refractivity contribution < 1.29 is 13.2 Å². The Morgan fingerprint density at radius 1 is 1.04 bits per heavy atom. The molecule has 0 aliphatic rings. The molecule has 0 saturated heterocycles. The molecule has 0 saturated carbocycles. The van der Waals surface area contributed by atoms with Crippen LogP contribution in [0.15, 0.2) is 59.5 Å². The van der Waals surface area contributed by atoms with Crippen LogP contribution >= 0.6 is 12.4 Å². The Balaban J connectivity index is 0.00000364. The zero-order valence-corrected chi connectivity index (χ0v) is 17.3. The number of amides is 1. The minimum Gasteiger partial charge on any atom is -0.345 e. The minimum atomic E-state index is -3.46. The van der Waals surface area contributed by atoms with Crippen LogP contribution in [0.25, 0.3) is 0 Å². The maximum atomic E-state index is 12.6. The van der Waals surface area contributed by atoms with Crippen LogP contribution in [0.5, 0.6) is 0 Å². The van der Waals surface area contributed by atoms with Crippen molar-refractivity contribution in [1.29, 1.82) is 0 Å². The summed E-state index contributed by atoms with van der Waals surface area (Å²) in [5, 5.41) is 3.00. The highest BCUT2D eigenvalue weighted by Gasteiger charge is 2.27. The summed E-state index contributed by atoms with van der Waals surface area (Å²) < 4.78 is 25.1. The summed E-state index contributed by atoms with van der Waals surface area (Å²) in [4.78, 5) is 12.9. The molecule has 0 heterocycles. The van der Waals surface area contributed by atoms with Gasteiger partial charge in [0, 0.05) is 12.1 Å². The smallest absolute Gasteiger partial charge is 0.251 e. The Morgan fingerprint density at radius 2 is 1.67 bits per heavy atom. The van der Waals surface area contributed by atoms with Crippen molar-refractivity contribution in [2.75, 3.05) is 6.54 Å². The van der Waals surface area contributed by atoms with Gasteiger partial charge in [-0.25, -0.2) is 8.42 Å². The quantitative estimate of drug-likeness (QED) is 0.698. The number of carbonyl (C=O) groups is 1. The summed E-state index contributed by atoms with van der Waals surface area (Å²) in [6.07, 6.45) is 1.46. The Morgan fingerprint density at radius 3 is 2.22 bits per heavy atom. The molecule has 148 valence electrons. The molecule has 0 aliphatic heterocycles. The van der Waals surface area contributed by atoms with Gasteiger partial charge in [0.15, 0.2) is 9.84 Å². The minimum absolute atomic E-state index is 0. The van der Waals surface area contributed by atoms with E-state index in [9.17, 15) is 13.2 Å². The first-order valence-electron chi connectivity index (χ1n) is 8.75. The molecule has 0 radical (unpaired) electrons. The maximum Gasteiger partial charge on any atom is 0.251 e. The molecule has 2 aromatic rings. The number of nitrogens with one attached hydrogen (secondary N) is 1. The Kier molecular flexibility index (Phi) is 8.47. The van der Waals surface area contributed by atoms with Crippen LogP contribution in [0.4, 0.5) is 0 Å². The number of nitrogens with two attached hydrogens (primary N) is 1. The van der Waals surface area contributed by atoms with Gasteiger partial charge < -0.3 is 11.1 Å². The summed E-state index contributed by atoms with van der Waals surface area (Å²) >= 11 is 0. The third-order valence-corrected chi connectivity index (χ3v) is 6.47. The monoisotopic (exact) mass is 410 g/mol. The topological polar surface area (TPSA) is 89.3 Å². The zero-order valence-electron chi connectivity index (χ0n) is 15.6. The molecule has 0 spiro atoms. The fourth-order valence-corrected chi connectivity index (χ4v) is 4.17. The number of sulfone groups is 1. The molecule has 0 aromatic heterocycles. The Bertz CT molecular complexity index is 842. The molecule has 27 heavy (non-hydrogen) atoms. The van der Waals surface area contributed by atoms with Gasteiger partial charge in [-0.15, -0.1) is 12.4 Å². The molecule has 0 atom stereocenters. The highest BCUT2D eigenvalue weighted by atomic mass is 35.5. The second kappa shape index (κ2) is 9.88. The van der Waals surface area contributed by atoms with Gasteiger partial charge in [-0.2, -0.15) is 0 Å². The van der Waals surface area contributed by atoms with Crippen molar-refractivity contribution in [3.05, 3.63) is 65.7 Å². The van der Waals surface area contributed by atoms with Gasteiger partial charge in [-0.1, -0.05) is 44.2 Å². The van der Waals surface area contributed by atoms with E-state index >= 15 is 0 Å². The molecule has 2 aromatic carbocycles. The van der Waals surface area contributed by atoms with Crippen molar-refractivity contribution in [1.82, 2.24) is 5.32 Å². The molecule has 0 bridgehead atoms. The maximum absolute atomic E-state index is 12.6. The number of rotatable bonds is 8. The summed E-state index contributed by atoms with van der Waals surface area (Å²) in [6, 6.07) is 15.0. The lowest BCUT2D eigenvalue weighted by atomic mass is 9.92. The predicted molar refractivity (Wildman–Crippen MR) is 111 cm³/mol. The molecular formula is C20H27ClN2O3S. The zero-order chi connectivity index (χ0) is 19.2. The van der Waals surface area contributed by atoms with Crippen molar-refractivity contribution in [2.45, 2.75) is 42.9 Å². The van der Waals surface area contributed by atoms with Crippen molar-refractivity contribution in [3.63, 3.8) is 0 Å². The number of benzene rings is 2. The van der Waals surface area contributed by atoms with Gasteiger partial charge in [0.2, 0.25) is 0 Å². The lowest BCUT2D eigenvalue weighted by Gasteiger charge is -2.31. The molecule has 0 aliphatic carbocycles. The summed E-state index contributed by atoms with van der Waals surface area (Å²) in [5.41, 5.74) is 6.41. The van der Waals surface area contributed by atoms with Crippen molar-refractivity contribution in [3.8, 4) is 0 Å². The standard InChI is InChI=1S/C20H26N2O3S.ClH/c1-3-20(4-2,15-21)22-19(23)17-10-8-9-16(13-17)14-26(24,25)18-11-6-5-7-12-18;/h5-13H,3-4,14-15,21H2,1-2H3,(H,22,23);1H. The van der Waals surface area contributed by atoms with E-state index in [4.69, 9.17) is 5.73 Å². The first-order chi connectivity index (χ1) is 12.4. The van der Waals surface area contributed by atoms with Crippen LogP contribution in [0, 0.1) is 0 Å².